The Balaban J connectivity index is 1.25. The zero-order valence-electron chi connectivity index (χ0n) is 19.8. The first-order chi connectivity index (χ1) is 17.1. The van der Waals surface area contributed by atoms with E-state index in [0.717, 1.165) is 28.6 Å². The number of carbonyl (C=O) groups is 1. The van der Waals surface area contributed by atoms with Gasteiger partial charge in [0.15, 0.2) is 23.6 Å². The summed E-state index contributed by atoms with van der Waals surface area (Å²) in [5, 5.41) is 8.68. The molecule has 5 rings (SSSR count). The number of fused-ring (bicyclic) bond motifs is 1. The van der Waals surface area contributed by atoms with Gasteiger partial charge in [0.2, 0.25) is 0 Å². The van der Waals surface area contributed by atoms with Gasteiger partial charge in [0, 0.05) is 26.2 Å². The maximum Gasteiger partial charge on any atom is 0.260 e. The molecule has 2 aromatic heterocycles. The first kappa shape index (κ1) is 22.6. The van der Waals surface area contributed by atoms with Crippen molar-refractivity contribution in [2.75, 3.05) is 44.3 Å². The number of ether oxygens (including phenoxy) is 2. The van der Waals surface area contributed by atoms with Crippen molar-refractivity contribution in [3.8, 4) is 17.2 Å². The number of anilines is 1. The van der Waals surface area contributed by atoms with Gasteiger partial charge in [-0.3, -0.25) is 4.79 Å². The summed E-state index contributed by atoms with van der Waals surface area (Å²) in [4.78, 5) is 25.5. The maximum absolute atomic E-state index is 12.7. The molecule has 0 spiro atoms. The average molecular weight is 474 g/mol. The van der Waals surface area contributed by atoms with Gasteiger partial charge < -0.3 is 19.3 Å². The molecule has 1 aliphatic heterocycles. The molecule has 0 unspecified atom stereocenters. The van der Waals surface area contributed by atoms with Crippen molar-refractivity contribution in [1.82, 2.24) is 29.9 Å². The molecule has 0 bridgehead atoms. The van der Waals surface area contributed by atoms with Gasteiger partial charge in [0.1, 0.15) is 17.8 Å². The first-order valence-electron chi connectivity index (χ1n) is 11.6. The van der Waals surface area contributed by atoms with Crippen LogP contribution in [0.2, 0.25) is 0 Å². The molecule has 35 heavy (non-hydrogen) atoms. The largest absolute Gasteiger partial charge is 0.494 e. The fraction of sp³-hybridized carbons (Fsp3) is 0.320. The number of para-hydroxylation sites is 1. The van der Waals surface area contributed by atoms with E-state index in [1.807, 2.05) is 67.3 Å². The van der Waals surface area contributed by atoms with Crippen LogP contribution in [0.1, 0.15) is 12.5 Å². The van der Waals surface area contributed by atoms with Gasteiger partial charge in [-0.1, -0.05) is 23.4 Å². The predicted molar refractivity (Wildman–Crippen MR) is 131 cm³/mol. The summed E-state index contributed by atoms with van der Waals surface area (Å²) in [7, 11) is 0. The number of aromatic nitrogens is 5. The molecule has 4 aromatic rings. The summed E-state index contributed by atoms with van der Waals surface area (Å²) < 4.78 is 12.9. The molecule has 0 radical (unpaired) electrons. The summed E-state index contributed by atoms with van der Waals surface area (Å²) in [6.45, 7) is 6.98. The minimum absolute atomic E-state index is 0.0258. The van der Waals surface area contributed by atoms with Crippen LogP contribution >= 0.6 is 0 Å². The van der Waals surface area contributed by atoms with Crippen LogP contribution in [0.5, 0.6) is 11.5 Å². The third-order valence-electron chi connectivity index (χ3n) is 5.99. The Labute approximate surface area is 203 Å². The van der Waals surface area contributed by atoms with Crippen LogP contribution in [0.3, 0.4) is 0 Å². The Hall–Kier alpha value is -4.21. The number of amides is 1. The summed E-state index contributed by atoms with van der Waals surface area (Å²) >= 11 is 0. The third-order valence-corrected chi connectivity index (χ3v) is 5.99. The van der Waals surface area contributed by atoms with E-state index >= 15 is 0 Å². The third kappa shape index (κ3) is 4.72. The van der Waals surface area contributed by atoms with E-state index in [9.17, 15) is 4.79 Å². The van der Waals surface area contributed by atoms with Gasteiger partial charge >= 0.3 is 0 Å². The minimum Gasteiger partial charge on any atom is -0.494 e. The molecule has 1 saturated heterocycles. The summed E-state index contributed by atoms with van der Waals surface area (Å²) in [5.41, 5.74) is 3.11. The number of nitrogens with zero attached hydrogens (tertiary/aromatic N) is 7. The topological polar surface area (TPSA) is 98.5 Å². The fourth-order valence-electron chi connectivity index (χ4n) is 4.11. The predicted octanol–water partition coefficient (Wildman–Crippen LogP) is 2.65. The lowest BCUT2D eigenvalue weighted by Crippen LogP contribution is -2.50. The quantitative estimate of drug-likeness (QED) is 0.404. The molecule has 0 saturated carbocycles. The van der Waals surface area contributed by atoms with Gasteiger partial charge in [0.05, 0.1) is 12.3 Å². The highest BCUT2D eigenvalue weighted by molar-refractivity contribution is 5.84. The molecule has 180 valence electrons. The van der Waals surface area contributed by atoms with Crippen molar-refractivity contribution in [1.29, 1.82) is 0 Å². The molecule has 1 fully saturated rings. The second-order valence-corrected chi connectivity index (χ2v) is 8.22. The lowest BCUT2D eigenvalue weighted by Gasteiger charge is -2.35. The van der Waals surface area contributed by atoms with Crippen LogP contribution in [-0.2, 0) is 4.79 Å². The highest BCUT2D eigenvalue weighted by Gasteiger charge is 2.25. The molecule has 3 heterocycles. The highest BCUT2D eigenvalue weighted by Crippen LogP contribution is 2.24. The molecule has 0 N–H and O–H groups in total. The number of carbonyl (C=O) groups excluding carboxylic acids is 1. The Kier molecular flexibility index (Phi) is 6.42. The molecule has 1 amide bonds. The Morgan fingerprint density at radius 1 is 0.971 bits per heavy atom. The van der Waals surface area contributed by atoms with Crippen LogP contribution in [0.15, 0.2) is 54.9 Å². The van der Waals surface area contributed by atoms with Crippen molar-refractivity contribution in [2.45, 2.75) is 13.8 Å². The van der Waals surface area contributed by atoms with Gasteiger partial charge in [-0.2, -0.15) is 4.68 Å². The molecule has 10 heteroatoms. The second-order valence-electron chi connectivity index (χ2n) is 8.22. The van der Waals surface area contributed by atoms with E-state index in [4.69, 9.17) is 9.47 Å². The monoisotopic (exact) mass is 473 g/mol. The molecule has 0 atom stereocenters. The van der Waals surface area contributed by atoms with Crippen molar-refractivity contribution < 1.29 is 14.3 Å². The standard InChI is InChI=1S/C25H27N7O3/c1-3-34-20-10-8-19(9-11-20)32-25-23(28-29-32)24(26-17-27-25)31-14-12-30(13-15-31)22(33)16-35-21-7-5-4-6-18(21)2/h4-11,17H,3,12-16H2,1-2H3. The van der Waals surface area contributed by atoms with Gasteiger partial charge in [-0.15, -0.1) is 5.10 Å². The van der Waals surface area contributed by atoms with E-state index < -0.39 is 0 Å². The zero-order chi connectivity index (χ0) is 24.2. The highest BCUT2D eigenvalue weighted by atomic mass is 16.5. The van der Waals surface area contributed by atoms with E-state index in [1.165, 1.54) is 6.33 Å². The zero-order valence-corrected chi connectivity index (χ0v) is 19.8. The SMILES string of the molecule is CCOc1ccc(-n2nnc3c(N4CCN(C(=O)COc5ccccc5C)CC4)ncnc32)cc1. The second kappa shape index (κ2) is 9.96. The number of rotatable bonds is 7. The summed E-state index contributed by atoms with van der Waals surface area (Å²) in [6, 6.07) is 15.3. The van der Waals surface area contributed by atoms with Crippen molar-refractivity contribution in [2.24, 2.45) is 0 Å². The fourth-order valence-corrected chi connectivity index (χ4v) is 4.11. The van der Waals surface area contributed by atoms with E-state index in [0.29, 0.717) is 43.9 Å². The number of piperazine rings is 1. The first-order valence-corrected chi connectivity index (χ1v) is 11.6. The number of hydrogen-bond acceptors (Lipinski definition) is 8. The van der Waals surface area contributed by atoms with E-state index in [2.05, 4.69) is 25.2 Å². The van der Waals surface area contributed by atoms with E-state index in [-0.39, 0.29) is 12.5 Å². The lowest BCUT2D eigenvalue weighted by molar-refractivity contribution is -0.133. The number of benzene rings is 2. The molecule has 2 aromatic carbocycles. The normalized spacial score (nSPS) is 13.8. The minimum atomic E-state index is -0.0258. The Morgan fingerprint density at radius 3 is 2.49 bits per heavy atom. The summed E-state index contributed by atoms with van der Waals surface area (Å²) in [6.07, 6.45) is 1.53. The van der Waals surface area contributed by atoms with Gasteiger partial charge in [-0.05, 0) is 49.7 Å². The molecule has 1 aliphatic rings. The van der Waals surface area contributed by atoms with Gasteiger partial charge in [-0.25, -0.2) is 9.97 Å². The molecule has 10 nitrogen and oxygen atoms in total. The molecule has 0 aliphatic carbocycles. The van der Waals surface area contributed by atoms with E-state index in [1.54, 1.807) is 4.68 Å². The number of hydrogen-bond donors (Lipinski definition) is 0. The van der Waals surface area contributed by atoms with Crippen molar-refractivity contribution >= 4 is 22.9 Å². The number of aryl methyl sites for hydroxylation is 1. The molecular formula is C25H27N7O3. The van der Waals surface area contributed by atoms with Crippen LogP contribution in [0.25, 0.3) is 16.9 Å². The lowest BCUT2D eigenvalue weighted by atomic mass is 10.2. The van der Waals surface area contributed by atoms with Crippen LogP contribution in [-0.4, -0.2) is 75.2 Å². The maximum atomic E-state index is 12.7. The Morgan fingerprint density at radius 2 is 1.74 bits per heavy atom. The molecular weight excluding hydrogens is 446 g/mol. The van der Waals surface area contributed by atoms with Crippen molar-refractivity contribution in [3.63, 3.8) is 0 Å². The van der Waals surface area contributed by atoms with Crippen molar-refractivity contribution in [3.05, 3.63) is 60.4 Å². The van der Waals surface area contributed by atoms with Crippen LogP contribution in [0, 0.1) is 6.92 Å². The average Bonchev–Trinajstić information content (AvgIpc) is 3.33. The smallest absolute Gasteiger partial charge is 0.260 e. The summed E-state index contributed by atoms with van der Waals surface area (Å²) in [5.74, 6) is 2.23. The Bertz CT molecular complexity index is 1310. The van der Waals surface area contributed by atoms with Gasteiger partial charge in [0.25, 0.3) is 5.91 Å². The van der Waals surface area contributed by atoms with Crippen LogP contribution < -0.4 is 14.4 Å². The van der Waals surface area contributed by atoms with Crippen LogP contribution in [0.4, 0.5) is 5.82 Å².